The zero-order valence-corrected chi connectivity index (χ0v) is 13.6. The molecule has 7 heteroatoms. The first-order valence-corrected chi connectivity index (χ1v) is 8.44. The zero-order chi connectivity index (χ0) is 17.1. The minimum Gasteiger partial charge on any atom is -0.371 e. The van der Waals surface area contributed by atoms with E-state index in [1.165, 1.54) is 17.0 Å². The summed E-state index contributed by atoms with van der Waals surface area (Å²) >= 11 is 0. The van der Waals surface area contributed by atoms with Crippen LogP contribution >= 0.6 is 0 Å². The highest BCUT2D eigenvalue weighted by Gasteiger charge is 2.27. The fourth-order valence-corrected chi connectivity index (χ4v) is 3.44. The van der Waals surface area contributed by atoms with Crippen LogP contribution in [0.15, 0.2) is 18.2 Å². The topological polar surface area (TPSA) is 78.7 Å². The van der Waals surface area contributed by atoms with Gasteiger partial charge in [0, 0.05) is 37.6 Å². The molecule has 0 unspecified atom stereocenters. The van der Waals surface area contributed by atoms with Crippen molar-refractivity contribution >= 4 is 23.3 Å². The Labute approximate surface area is 140 Å². The summed E-state index contributed by atoms with van der Waals surface area (Å²) in [5, 5.41) is 2.79. The Hall–Kier alpha value is -2.31. The number of carbonyl (C=O) groups is 2. The molecule has 3 rings (SSSR count). The minimum absolute atomic E-state index is 0.195. The molecule has 3 amide bonds. The SMILES string of the molecule is NC(=O)N1CCC[C@H](C(=O)Nc2cc(F)cc(N3CCCC3)c2)C1. The molecule has 2 fully saturated rings. The Bertz CT molecular complexity index is 631. The number of likely N-dealkylation sites (tertiary alicyclic amines) is 1. The van der Waals surface area contributed by atoms with Gasteiger partial charge >= 0.3 is 6.03 Å². The molecule has 24 heavy (non-hydrogen) atoms. The predicted octanol–water partition coefficient (Wildman–Crippen LogP) is 2.16. The van der Waals surface area contributed by atoms with Crippen molar-refractivity contribution in [1.29, 1.82) is 0 Å². The quantitative estimate of drug-likeness (QED) is 0.889. The van der Waals surface area contributed by atoms with Crippen molar-refractivity contribution in [3.63, 3.8) is 0 Å². The summed E-state index contributed by atoms with van der Waals surface area (Å²) in [4.78, 5) is 27.3. The molecule has 2 aliphatic rings. The van der Waals surface area contributed by atoms with Crippen LogP contribution in [0.3, 0.4) is 0 Å². The summed E-state index contributed by atoms with van der Waals surface area (Å²) in [6, 6.07) is 4.12. The lowest BCUT2D eigenvalue weighted by Gasteiger charge is -2.30. The first-order valence-electron chi connectivity index (χ1n) is 8.44. The van der Waals surface area contributed by atoms with Crippen LogP contribution in [-0.4, -0.2) is 43.0 Å². The minimum atomic E-state index is -0.505. The number of piperidine rings is 1. The summed E-state index contributed by atoms with van der Waals surface area (Å²) in [7, 11) is 0. The maximum absolute atomic E-state index is 13.9. The average Bonchev–Trinajstić information content (AvgIpc) is 3.09. The van der Waals surface area contributed by atoms with Crippen LogP contribution < -0.4 is 16.0 Å². The van der Waals surface area contributed by atoms with Gasteiger partial charge in [-0.15, -0.1) is 0 Å². The molecule has 130 valence electrons. The highest BCUT2D eigenvalue weighted by atomic mass is 19.1. The van der Waals surface area contributed by atoms with Crippen molar-refractivity contribution in [2.75, 3.05) is 36.4 Å². The summed E-state index contributed by atoms with van der Waals surface area (Å²) in [6.45, 7) is 2.72. The summed E-state index contributed by atoms with van der Waals surface area (Å²) in [5.41, 5.74) is 6.54. The number of halogens is 1. The third-order valence-corrected chi connectivity index (χ3v) is 4.73. The van der Waals surface area contributed by atoms with Gasteiger partial charge in [0.2, 0.25) is 5.91 Å². The van der Waals surface area contributed by atoms with E-state index in [-0.39, 0.29) is 17.6 Å². The molecule has 2 heterocycles. The van der Waals surface area contributed by atoms with Gasteiger partial charge in [0.1, 0.15) is 5.82 Å². The van der Waals surface area contributed by atoms with Crippen molar-refractivity contribution in [3.05, 3.63) is 24.0 Å². The highest BCUT2D eigenvalue weighted by Crippen LogP contribution is 2.26. The van der Waals surface area contributed by atoms with Gasteiger partial charge in [-0.25, -0.2) is 9.18 Å². The summed E-state index contributed by atoms with van der Waals surface area (Å²) in [6.07, 6.45) is 3.64. The van der Waals surface area contributed by atoms with Crippen LogP contribution in [0.5, 0.6) is 0 Å². The van der Waals surface area contributed by atoms with Gasteiger partial charge in [0.05, 0.1) is 5.92 Å². The molecule has 0 saturated carbocycles. The van der Waals surface area contributed by atoms with E-state index in [1.54, 1.807) is 6.07 Å². The average molecular weight is 334 g/mol. The monoisotopic (exact) mass is 334 g/mol. The summed E-state index contributed by atoms with van der Waals surface area (Å²) in [5.74, 6) is -0.874. The Balaban J connectivity index is 1.68. The fourth-order valence-electron chi connectivity index (χ4n) is 3.44. The fraction of sp³-hybridized carbons (Fsp3) is 0.529. The van der Waals surface area contributed by atoms with E-state index in [0.29, 0.717) is 25.2 Å². The van der Waals surface area contributed by atoms with Gasteiger partial charge in [0.25, 0.3) is 0 Å². The second kappa shape index (κ2) is 7.07. The largest absolute Gasteiger partial charge is 0.371 e. The molecular weight excluding hydrogens is 311 g/mol. The van der Waals surface area contributed by atoms with Crippen LogP contribution in [0.1, 0.15) is 25.7 Å². The van der Waals surface area contributed by atoms with Gasteiger partial charge in [-0.05, 0) is 43.9 Å². The number of benzene rings is 1. The number of hydrogen-bond donors (Lipinski definition) is 2. The molecule has 3 N–H and O–H groups in total. The Morgan fingerprint density at radius 3 is 2.58 bits per heavy atom. The number of amides is 3. The second-order valence-corrected chi connectivity index (χ2v) is 6.50. The Kier molecular flexibility index (Phi) is 4.87. The smallest absolute Gasteiger partial charge is 0.314 e. The van der Waals surface area contributed by atoms with Crippen molar-refractivity contribution < 1.29 is 14.0 Å². The van der Waals surface area contributed by atoms with E-state index in [4.69, 9.17) is 5.73 Å². The first kappa shape index (κ1) is 16.5. The van der Waals surface area contributed by atoms with Crippen molar-refractivity contribution in [2.45, 2.75) is 25.7 Å². The molecule has 0 aliphatic carbocycles. The van der Waals surface area contributed by atoms with Gasteiger partial charge in [0.15, 0.2) is 0 Å². The van der Waals surface area contributed by atoms with Gasteiger partial charge in [-0.2, -0.15) is 0 Å². The number of nitrogens with zero attached hydrogens (tertiary/aromatic N) is 2. The highest BCUT2D eigenvalue weighted by molar-refractivity contribution is 5.93. The van der Waals surface area contributed by atoms with Crippen LogP contribution in [0.4, 0.5) is 20.6 Å². The van der Waals surface area contributed by atoms with Crippen molar-refractivity contribution in [1.82, 2.24) is 4.90 Å². The van der Waals surface area contributed by atoms with E-state index < -0.39 is 6.03 Å². The normalized spacial score (nSPS) is 21.0. The van der Waals surface area contributed by atoms with E-state index in [0.717, 1.165) is 38.0 Å². The molecule has 1 atom stereocenters. The van der Waals surface area contributed by atoms with Crippen molar-refractivity contribution in [3.8, 4) is 0 Å². The molecular formula is C17H23FN4O2. The lowest BCUT2D eigenvalue weighted by Crippen LogP contribution is -2.46. The van der Waals surface area contributed by atoms with E-state index in [1.807, 2.05) is 0 Å². The van der Waals surface area contributed by atoms with Crippen LogP contribution in [0.2, 0.25) is 0 Å². The zero-order valence-electron chi connectivity index (χ0n) is 13.6. The van der Waals surface area contributed by atoms with Crippen LogP contribution in [-0.2, 0) is 4.79 Å². The lowest BCUT2D eigenvalue weighted by atomic mass is 9.97. The molecule has 0 aromatic heterocycles. The maximum atomic E-state index is 13.9. The Morgan fingerprint density at radius 2 is 1.88 bits per heavy atom. The standard InChI is InChI=1S/C17H23FN4O2/c18-13-8-14(10-15(9-13)21-5-1-2-6-21)20-16(23)12-4-3-7-22(11-12)17(19)24/h8-10,12H,1-7,11H2,(H2,19,24)(H,20,23)/t12-/m0/s1. The number of urea groups is 1. The molecule has 2 saturated heterocycles. The number of nitrogens with one attached hydrogen (secondary N) is 1. The Morgan fingerprint density at radius 1 is 1.12 bits per heavy atom. The molecule has 1 aromatic rings. The molecule has 2 aliphatic heterocycles. The van der Waals surface area contributed by atoms with E-state index >= 15 is 0 Å². The maximum Gasteiger partial charge on any atom is 0.314 e. The number of carbonyl (C=O) groups excluding carboxylic acids is 2. The summed E-state index contributed by atoms with van der Waals surface area (Å²) < 4.78 is 13.9. The number of rotatable bonds is 3. The predicted molar refractivity (Wildman–Crippen MR) is 90.4 cm³/mol. The number of hydrogen-bond acceptors (Lipinski definition) is 3. The molecule has 0 bridgehead atoms. The van der Waals surface area contributed by atoms with Gasteiger partial charge < -0.3 is 20.9 Å². The third-order valence-electron chi connectivity index (χ3n) is 4.73. The first-order chi connectivity index (χ1) is 11.5. The number of anilines is 2. The number of primary amides is 1. The van der Waals surface area contributed by atoms with Crippen molar-refractivity contribution in [2.24, 2.45) is 11.7 Å². The second-order valence-electron chi connectivity index (χ2n) is 6.50. The molecule has 6 nitrogen and oxygen atoms in total. The van der Waals surface area contributed by atoms with E-state index in [2.05, 4.69) is 10.2 Å². The van der Waals surface area contributed by atoms with E-state index in [9.17, 15) is 14.0 Å². The van der Waals surface area contributed by atoms with Crippen LogP contribution in [0, 0.1) is 11.7 Å². The van der Waals surface area contributed by atoms with Gasteiger partial charge in [-0.1, -0.05) is 0 Å². The van der Waals surface area contributed by atoms with Crippen LogP contribution in [0.25, 0.3) is 0 Å². The molecule has 0 spiro atoms. The lowest BCUT2D eigenvalue weighted by molar-refractivity contribution is -0.121. The number of nitrogens with two attached hydrogens (primary N) is 1. The van der Waals surface area contributed by atoms with Gasteiger partial charge in [-0.3, -0.25) is 4.79 Å². The third kappa shape index (κ3) is 3.77. The molecule has 1 aromatic carbocycles. The molecule has 0 radical (unpaired) electrons.